The summed E-state index contributed by atoms with van der Waals surface area (Å²) in [5, 5.41) is 7.05. The highest BCUT2D eigenvalue weighted by Gasteiger charge is 2.12. The smallest absolute Gasteiger partial charge is 0.274 e. The molecule has 0 atom stereocenters. The number of hydrogen-bond acceptors (Lipinski definition) is 3. The molecule has 0 aliphatic rings. The SMILES string of the molecule is Cc1nn(C)cc1NC(=O)c1cccc(-c2ccccc2)n1. The fraction of sp³-hybridized carbons (Fsp3) is 0.118. The van der Waals surface area contributed by atoms with Crippen molar-refractivity contribution in [1.29, 1.82) is 0 Å². The van der Waals surface area contributed by atoms with Crippen molar-refractivity contribution in [3.8, 4) is 11.3 Å². The quantitative estimate of drug-likeness (QED) is 0.807. The average molecular weight is 292 g/mol. The van der Waals surface area contributed by atoms with E-state index in [1.165, 1.54) is 0 Å². The monoisotopic (exact) mass is 292 g/mol. The van der Waals surface area contributed by atoms with Crippen LogP contribution in [-0.4, -0.2) is 20.7 Å². The third kappa shape index (κ3) is 2.88. The molecular weight excluding hydrogens is 276 g/mol. The Labute approximate surface area is 128 Å². The van der Waals surface area contributed by atoms with Crippen LogP contribution in [-0.2, 0) is 7.05 Å². The molecule has 1 N–H and O–H groups in total. The molecule has 2 aromatic heterocycles. The van der Waals surface area contributed by atoms with E-state index in [9.17, 15) is 4.79 Å². The molecule has 0 bridgehead atoms. The van der Waals surface area contributed by atoms with Crippen molar-refractivity contribution < 1.29 is 4.79 Å². The van der Waals surface area contributed by atoms with Gasteiger partial charge in [-0.15, -0.1) is 0 Å². The van der Waals surface area contributed by atoms with Gasteiger partial charge in [-0.05, 0) is 19.1 Å². The normalized spacial score (nSPS) is 10.5. The van der Waals surface area contributed by atoms with Crippen molar-refractivity contribution >= 4 is 11.6 Å². The molecule has 110 valence electrons. The molecule has 0 saturated heterocycles. The second-order valence-electron chi connectivity index (χ2n) is 5.03. The van der Waals surface area contributed by atoms with E-state index < -0.39 is 0 Å². The second-order valence-corrected chi connectivity index (χ2v) is 5.03. The van der Waals surface area contributed by atoms with Crippen molar-refractivity contribution in [3.05, 3.63) is 66.1 Å². The van der Waals surface area contributed by atoms with Gasteiger partial charge in [-0.2, -0.15) is 5.10 Å². The lowest BCUT2D eigenvalue weighted by Crippen LogP contribution is -2.14. The van der Waals surface area contributed by atoms with Crippen molar-refractivity contribution in [1.82, 2.24) is 14.8 Å². The van der Waals surface area contributed by atoms with Crippen LogP contribution in [0.3, 0.4) is 0 Å². The number of anilines is 1. The molecule has 1 amide bonds. The molecular formula is C17H16N4O. The molecule has 0 saturated carbocycles. The Morgan fingerprint density at radius 3 is 2.55 bits per heavy atom. The Bertz CT molecular complexity index is 809. The third-order valence-electron chi connectivity index (χ3n) is 3.31. The fourth-order valence-electron chi connectivity index (χ4n) is 2.24. The Hall–Kier alpha value is -2.95. The summed E-state index contributed by atoms with van der Waals surface area (Å²) in [6, 6.07) is 15.2. The van der Waals surface area contributed by atoms with Crippen molar-refractivity contribution in [2.45, 2.75) is 6.92 Å². The maximum atomic E-state index is 12.3. The lowest BCUT2D eigenvalue weighted by Gasteiger charge is -2.05. The molecule has 1 aromatic carbocycles. The molecule has 5 heteroatoms. The summed E-state index contributed by atoms with van der Waals surface area (Å²) in [6.45, 7) is 1.85. The number of nitrogens with zero attached hydrogens (tertiary/aromatic N) is 3. The van der Waals surface area contributed by atoms with Gasteiger partial charge in [-0.3, -0.25) is 9.48 Å². The van der Waals surface area contributed by atoms with Gasteiger partial charge in [0.2, 0.25) is 0 Å². The number of nitrogens with one attached hydrogen (secondary N) is 1. The Kier molecular flexibility index (Phi) is 3.70. The number of pyridine rings is 1. The van der Waals surface area contributed by atoms with E-state index in [1.807, 2.05) is 56.4 Å². The third-order valence-corrected chi connectivity index (χ3v) is 3.31. The summed E-state index contributed by atoms with van der Waals surface area (Å²) in [5.41, 5.74) is 3.60. The minimum Gasteiger partial charge on any atom is -0.318 e. The van der Waals surface area contributed by atoms with Crippen LogP contribution in [0.2, 0.25) is 0 Å². The van der Waals surface area contributed by atoms with Gasteiger partial charge in [0.15, 0.2) is 0 Å². The lowest BCUT2D eigenvalue weighted by atomic mass is 10.1. The zero-order chi connectivity index (χ0) is 15.5. The molecule has 0 unspecified atom stereocenters. The highest BCUT2D eigenvalue weighted by Crippen LogP contribution is 2.17. The van der Waals surface area contributed by atoms with Gasteiger partial charge in [0.25, 0.3) is 5.91 Å². The fourth-order valence-corrected chi connectivity index (χ4v) is 2.24. The maximum absolute atomic E-state index is 12.3. The zero-order valence-corrected chi connectivity index (χ0v) is 12.4. The minimum atomic E-state index is -0.242. The number of carbonyl (C=O) groups excluding carboxylic acids is 1. The molecule has 0 aliphatic carbocycles. The first-order chi connectivity index (χ1) is 10.6. The number of aryl methyl sites for hydroxylation is 2. The van der Waals surface area contributed by atoms with Crippen LogP contribution in [0.25, 0.3) is 11.3 Å². The molecule has 2 heterocycles. The van der Waals surface area contributed by atoms with Gasteiger partial charge in [-0.1, -0.05) is 36.4 Å². The molecule has 0 spiro atoms. The van der Waals surface area contributed by atoms with E-state index in [0.29, 0.717) is 11.4 Å². The van der Waals surface area contributed by atoms with Gasteiger partial charge in [-0.25, -0.2) is 4.98 Å². The number of carbonyl (C=O) groups is 1. The Balaban J connectivity index is 1.86. The van der Waals surface area contributed by atoms with Gasteiger partial charge < -0.3 is 5.32 Å². The van der Waals surface area contributed by atoms with Gasteiger partial charge >= 0.3 is 0 Å². The van der Waals surface area contributed by atoms with Gasteiger partial charge in [0.1, 0.15) is 5.69 Å². The molecule has 0 fully saturated rings. The standard InChI is InChI=1S/C17H16N4O/c1-12-16(11-21(2)20-12)19-17(22)15-10-6-9-14(18-15)13-7-4-3-5-8-13/h3-11H,1-2H3,(H,19,22). The highest BCUT2D eigenvalue weighted by atomic mass is 16.1. The van der Waals surface area contributed by atoms with Crippen LogP contribution in [0, 0.1) is 6.92 Å². The van der Waals surface area contributed by atoms with E-state index in [2.05, 4.69) is 15.4 Å². The largest absolute Gasteiger partial charge is 0.318 e. The van der Waals surface area contributed by atoms with E-state index in [-0.39, 0.29) is 5.91 Å². The summed E-state index contributed by atoms with van der Waals surface area (Å²) in [6.07, 6.45) is 1.77. The van der Waals surface area contributed by atoms with E-state index in [4.69, 9.17) is 0 Å². The second kappa shape index (κ2) is 5.81. The summed E-state index contributed by atoms with van der Waals surface area (Å²) in [4.78, 5) is 16.8. The van der Waals surface area contributed by atoms with Crippen LogP contribution in [0.5, 0.6) is 0 Å². The van der Waals surface area contributed by atoms with Crippen molar-refractivity contribution in [3.63, 3.8) is 0 Å². The molecule has 22 heavy (non-hydrogen) atoms. The summed E-state index contributed by atoms with van der Waals surface area (Å²) >= 11 is 0. The summed E-state index contributed by atoms with van der Waals surface area (Å²) in [5.74, 6) is -0.242. The van der Waals surface area contributed by atoms with Crippen LogP contribution < -0.4 is 5.32 Å². The van der Waals surface area contributed by atoms with Crippen LogP contribution >= 0.6 is 0 Å². The summed E-state index contributed by atoms with van der Waals surface area (Å²) < 4.78 is 1.67. The van der Waals surface area contributed by atoms with Gasteiger partial charge in [0.05, 0.1) is 17.1 Å². The van der Waals surface area contributed by atoms with E-state index in [0.717, 1.165) is 17.0 Å². The molecule has 0 radical (unpaired) electrons. The first-order valence-electron chi connectivity index (χ1n) is 6.97. The van der Waals surface area contributed by atoms with Crippen LogP contribution in [0.1, 0.15) is 16.2 Å². The number of aromatic nitrogens is 3. The number of benzene rings is 1. The molecule has 3 aromatic rings. The average Bonchev–Trinajstić information content (AvgIpc) is 2.86. The van der Waals surface area contributed by atoms with Crippen LogP contribution in [0.15, 0.2) is 54.7 Å². The lowest BCUT2D eigenvalue weighted by molar-refractivity contribution is 0.102. The Morgan fingerprint density at radius 1 is 1.09 bits per heavy atom. The van der Waals surface area contributed by atoms with E-state index in [1.54, 1.807) is 16.9 Å². The molecule has 5 nitrogen and oxygen atoms in total. The first-order valence-corrected chi connectivity index (χ1v) is 6.97. The van der Waals surface area contributed by atoms with Crippen molar-refractivity contribution in [2.75, 3.05) is 5.32 Å². The van der Waals surface area contributed by atoms with Crippen molar-refractivity contribution in [2.24, 2.45) is 7.05 Å². The predicted molar refractivity (Wildman–Crippen MR) is 85.6 cm³/mol. The van der Waals surface area contributed by atoms with Crippen LogP contribution in [0.4, 0.5) is 5.69 Å². The molecule has 0 aliphatic heterocycles. The highest BCUT2D eigenvalue weighted by molar-refractivity contribution is 6.03. The minimum absolute atomic E-state index is 0.242. The van der Waals surface area contributed by atoms with E-state index >= 15 is 0 Å². The number of hydrogen-bond donors (Lipinski definition) is 1. The number of rotatable bonds is 3. The topological polar surface area (TPSA) is 59.8 Å². The first kappa shape index (κ1) is 14.0. The molecule has 3 rings (SSSR count). The summed E-state index contributed by atoms with van der Waals surface area (Å²) in [7, 11) is 1.82. The maximum Gasteiger partial charge on any atom is 0.274 e. The zero-order valence-electron chi connectivity index (χ0n) is 12.4. The Morgan fingerprint density at radius 2 is 1.86 bits per heavy atom. The predicted octanol–water partition coefficient (Wildman–Crippen LogP) is 3.04. The number of amides is 1. The van der Waals surface area contributed by atoms with Gasteiger partial charge in [0, 0.05) is 18.8 Å².